The van der Waals surface area contributed by atoms with E-state index in [1.165, 1.54) is 6.08 Å². The lowest BCUT2D eigenvalue weighted by atomic mass is 9.82. The number of aliphatic hydroxyl groups excluding tert-OH is 1. The number of benzene rings is 1. The van der Waals surface area contributed by atoms with Crippen molar-refractivity contribution >= 4 is 28.0 Å². The number of hydrogen-bond acceptors (Lipinski definition) is 5. The third kappa shape index (κ3) is 11.7. The number of amides is 1. The van der Waals surface area contributed by atoms with Gasteiger partial charge in [-0.1, -0.05) is 105 Å². The minimum atomic E-state index is -0.771. The Morgan fingerprint density at radius 3 is 2.61 bits per heavy atom. The first-order chi connectivity index (χ1) is 19.3. The number of aliphatic hydroxyl groups is 1. The lowest BCUT2D eigenvalue weighted by Gasteiger charge is -2.28. The topological polar surface area (TPSA) is 98.8 Å². The summed E-state index contributed by atoms with van der Waals surface area (Å²) in [5, 5.41) is 11.0. The lowest BCUT2D eigenvalue weighted by molar-refractivity contribution is -0.142. The second-order valence-electron chi connectivity index (χ2n) is 11.6. The first-order valence-electron chi connectivity index (χ1n) is 14.1. The Balaban J connectivity index is 2.15. The highest BCUT2D eigenvalue weighted by atomic mass is 79.9. The molecular formula is C34H44BrNO5. The molecule has 3 N–H and O–H groups in total. The second-order valence-corrected chi connectivity index (χ2v) is 12.4. The van der Waals surface area contributed by atoms with Gasteiger partial charge in [0.25, 0.3) is 0 Å². The van der Waals surface area contributed by atoms with Crippen molar-refractivity contribution in [3.05, 3.63) is 82.4 Å². The van der Waals surface area contributed by atoms with Gasteiger partial charge in [-0.2, -0.15) is 0 Å². The third-order valence-corrected chi connectivity index (χ3v) is 8.24. The highest BCUT2D eigenvalue weighted by molar-refractivity contribution is 9.10. The molecule has 0 saturated heterocycles. The monoisotopic (exact) mass is 625 g/mol. The number of esters is 1. The molecule has 7 heteroatoms. The van der Waals surface area contributed by atoms with E-state index in [0.717, 1.165) is 15.6 Å². The molecule has 2 rings (SSSR count). The summed E-state index contributed by atoms with van der Waals surface area (Å²) in [6.45, 7) is 12.0. The molecule has 41 heavy (non-hydrogen) atoms. The maximum Gasteiger partial charge on any atom is 0.404 e. The van der Waals surface area contributed by atoms with Gasteiger partial charge in [0.1, 0.15) is 12.2 Å². The van der Waals surface area contributed by atoms with E-state index in [1.54, 1.807) is 24.3 Å². The zero-order valence-electron chi connectivity index (χ0n) is 25.0. The second kappa shape index (κ2) is 16.4. The minimum Gasteiger partial charge on any atom is -0.454 e. The molecule has 0 aliphatic carbocycles. The Hall–Kier alpha value is -3.08. The van der Waals surface area contributed by atoms with E-state index in [1.807, 2.05) is 65.0 Å². The summed E-state index contributed by atoms with van der Waals surface area (Å²) < 4.78 is 12.0. The molecule has 0 aromatic heterocycles. The molecule has 0 saturated carbocycles. The smallest absolute Gasteiger partial charge is 0.404 e. The van der Waals surface area contributed by atoms with Crippen LogP contribution in [0.3, 0.4) is 0 Å². The van der Waals surface area contributed by atoms with Crippen LogP contribution < -0.4 is 5.73 Å². The molecule has 1 aromatic carbocycles. The first-order valence-corrected chi connectivity index (χ1v) is 14.9. The fourth-order valence-corrected chi connectivity index (χ4v) is 5.11. The quantitative estimate of drug-likeness (QED) is 0.200. The summed E-state index contributed by atoms with van der Waals surface area (Å²) in [4.78, 5) is 23.9. The Morgan fingerprint density at radius 2 is 1.90 bits per heavy atom. The minimum absolute atomic E-state index is 0.109. The summed E-state index contributed by atoms with van der Waals surface area (Å²) in [7, 11) is 0. The van der Waals surface area contributed by atoms with Crippen molar-refractivity contribution in [3.8, 4) is 11.8 Å². The van der Waals surface area contributed by atoms with Crippen molar-refractivity contribution in [2.75, 3.05) is 0 Å². The van der Waals surface area contributed by atoms with Crippen LogP contribution in [0.4, 0.5) is 4.79 Å². The normalized spacial score (nSPS) is 26.8. The van der Waals surface area contributed by atoms with Crippen LogP contribution in [0.2, 0.25) is 0 Å². The van der Waals surface area contributed by atoms with Crippen molar-refractivity contribution in [1.29, 1.82) is 0 Å². The van der Waals surface area contributed by atoms with E-state index >= 15 is 0 Å². The maximum atomic E-state index is 12.5. The summed E-state index contributed by atoms with van der Waals surface area (Å²) in [6.07, 6.45) is 14.1. The standard InChI is InChI=1S/C34H44BrNO5/c1-23-13-11-17-30(37)41-29(25(3)19-18-24(2)22-27(21-23)40-33(36)39)16-9-7-8-10-20-34(5,6)32(38)28-15-12-14-26(4)31(28)35/h9-12,14-20,23-25,27,29,32,38H,13,21-22H2,1-6H3,(H2,36,39)/b16-9+,17-11-,19-18+,20-10+/t23-,24+,25?,27-,29-,32-/m0/s1. The fraction of sp³-hybridized carbons (Fsp3) is 0.471. The summed E-state index contributed by atoms with van der Waals surface area (Å²) in [5.41, 5.74) is 6.64. The van der Waals surface area contributed by atoms with Gasteiger partial charge < -0.3 is 20.3 Å². The molecule has 1 amide bonds. The summed E-state index contributed by atoms with van der Waals surface area (Å²) >= 11 is 3.59. The number of cyclic esters (lactones) is 1. The number of ether oxygens (including phenoxy) is 2. The van der Waals surface area contributed by atoms with Crippen LogP contribution >= 0.6 is 15.9 Å². The van der Waals surface area contributed by atoms with E-state index < -0.39 is 29.7 Å². The molecule has 1 aliphatic rings. The van der Waals surface area contributed by atoms with Crippen LogP contribution in [0.25, 0.3) is 0 Å². The van der Waals surface area contributed by atoms with Gasteiger partial charge in [-0.25, -0.2) is 9.59 Å². The predicted octanol–water partition coefficient (Wildman–Crippen LogP) is 7.51. The molecule has 0 radical (unpaired) electrons. The maximum absolute atomic E-state index is 12.5. The van der Waals surface area contributed by atoms with E-state index in [2.05, 4.69) is 40.8 Å². The number of allylic oxidation sites excluding steroid dienone is 4. The molecule has 222 valence electrons. The molecule has 1 aliphatic heterocycles. The molecule has 0 bridgehead atoms. The fourth-order valence-electron chi connectivity index (χ4n) is 4.63. The molecule has 0 fully saturated rings. The molecule has 1 unspecified atom stereocenters. The van der Waals surface area contributed by atoms with Crippen molar-refractivity contribution < 1.29 is 24.2 Å². The highest BCUT2D eigenvalue weighted by Crippen LogP contribution is 2.38. The molecular weight excluding hydrogens is 582 g/mol. The number of hydrogen-bond donors (Lipinski definition) is 2. The first kappa shape index (κ1) is 34.1. The third-order valence-electron chi connectivity index (χ3n) is 7.16. The Kier molecular flexibility index (Phi) is 13.6. The highest BCUT2D eigenvalue weighted by Gasteiger charge is 2.28. The number of carbonyl (C=O) groups is 2. The molecule has 6 atom stereocenters. The number of carbonyl (C=O) groups excluding carboxylic acids is 2. The average molecular weight is 627 g/mol. The van der Waals surface area contributed by atoms with Crippen molar-refractivity contribution in [1.82, 2.24) is 0 Å². The van der Waals surface area contributed by atoms with Gasteiger partial charge in [0.2, 0.25) is 0 Å². The van der Waals surface area contributed by atoms with Crippen LogP contribution in [0, 0.1) is 41.9 Å². The zero-order chi connectivity index (χ0) is 30.6. The van der Waals surface area contributed by atoms with Crippen LogP contribution in [-0.4, -0.2) is 29.4 Å². The van der Waals surface area contributed by atoms with Gasteiger partial charge in [-0.05, 0) is 67.4 Å². The van der Waals surface area contributed by atoms with E-state index in [4.69, 9.17) is 15.2 Å². The van der Waals surface area contributed by atoms with Gasteiger partial charge in [0.15, 0.2) is 0 Å². The number of rotatable bonds is 5. The molecule has 1 heterocycles. The Labute approximate surface area is 253 Å². The van der Waals surface area contributed by atoms with Crippen molar-refractivity contribution in [2.24, 2.45) is 28.9 Å². The van der Waals surface area contributed by atoms with Crippen LogP contribution in [-0.2, 0) is 14.3 Å². The van der Waals surface area contributed by atoms with Gasteiger partial charge in [0.05, 0.1) is 6.10 Å². The van der Waals surface area contributed by atoms with Gasteiger partial charge in [-0.3, -0.25) is 0 Å². The Morgan fingerprint density at radius 1 is 1.20 bits per heavy atom. The number of nitrogens with two attached hydrogens (primary N) is 1. The van der Waals surface area contributed by atoms with E-state index in [9.17, 15) is 14.7 Å². The summed E-state index contributed by atoms with van der Waals surface area (Å²) in [6, 6.07) is 5.84. The van der Waals surface area contributed by atoms with Crippen LogP contribution in [0.5, 0.6) is 0 Å². The molecule has 0 spiro atoms. The average Bonchev–Trinajstić information content (AvgIpc) is 2.88. The number of aryl methyl sites for hydroxylation is 1. The van der Waals surface area contributed by atoms with E-state index in [-0.39, 0.29) is 23.9 Å². The molecule has 1 aromatic rings. The summed E-state index contributed by atoms with van der Waals surface area (Å²) in [5.74, 6) is 5.78. The van der Waals surface area contributed by atoms with Gasteiger partial charge in [-0.15, -0.1) is 0 Å². The predicted molar refractivity (Wildman–Crippen MR) is 168 cm³/mol. The van der Waals surface area contributed by atoms with Crippen molar-refractivity contribution in [2.45, 2.75) is 79.1 Å². The van der Waals surface area contributed by atoms with Gasteiger partial charge in [0, 0.05) is 21.9 Å². The largest absolute Gasteiger partial charge is 0.454 e. The Bertz CT molecular complexity index is 1220. The van der Waals surface area contributed by atoms with Crippen molar-refractivity contribution in [3.63, 3.8) is 0 Å². The number of halogens is 1. The lowest BCUT2D eigenvalue weighted by Crippen LogP contribution is -2.26. The molecule has 6 nitrogen and oxygen atoms in total. The zero-order valence-corrected chi connectivity index (χ0v) is 26.6. The van der Waals surface area contributed by atoms with Gasteiger partial charge >= 0.3 is 12.1 Å². The van der Waals surface area contributed by atoms with Crippen LogP contribution in [0.15, 0.2) is 71.3 Å². The van der Waals surface area contributed by atoms with Crippen LogP contribution in [0.1, 0.15) is 71.1 Å². The SMILES string of the molecule is Cc1cccc([C@H](O)C(C)(C)/C=C/C#C/C=C/[C@@H]2OC(=O)/C=C\C[C@H](C)C[C@H](OC(N)=O)C[C@H](C)/C=C/C2C)c1Br. The van der Waals surface area contributed by atoms with E-state index in [0.29, 0.717) is 19.3 Å². The number of primary amides is 1.